The molecule has 1 aliphatic rings. The fraction of sp³-hybridized carbons (Fsp3) is 0.281. The van der Waals surface area contributed by atoms with Gasteiger partial charge in [-0.15, -0.1) is 0 Å². The quantitative estimate of drug-likeness (QED) is 0.0582. The molecule has 244 valence electrons. The Hall–Kier alpha value is -4.21. The van der Waals surface area contributed by atoms with Crippen molar-refractivity contribution in [2.24, 2.45) is 5.10 Å². The highest BCUT2D eigenvalue weighted by Crippen LogP contribution is 2.36. The van der Waals surface area contributed by atoms with Gasteiger partial charge in [0.2, 0.25) is 0 Å². The summed E-state index contributed by atoms with van der Waals surface area (Å²) < 4.78 is 28.8. The zero-order valence-corrected chi connectivity index (χ0v) is 28.5. The van der Waals surface area contributed by atoms with Gasteiger partial charge in [0.05, 0.1) is 42.2 Å². The van der Waals surface area contributed by atoms with Crippen LogP contribution in [-0.2, 0) is 16.1 Å². The van der Waals surface area contributed by atoms with E-state index in [4.69, 9.17) is 35.3 Å². The molecule has 1 aliphatic heterocycles. The van der Waals surface area contributed by atoms with Crippen LogP contribution in [0.15, 0.2) is 71.0 Å². The van der Waals surface area contributed by atoms with Crippen molar-refractivity contribution < 1.29 is 38.4 Å². The van der Waals surface area contributed by atoms with Crippen molar-refractivity contribution in [1.29, 1.82) is 0 Å². The number of carbonyl (C=O) groups is 2. The Kier molecular flexibility index (Phi) is 12.3. The number of carbonyl (C=O) groups excluding carboxylic acids is 2. The third-order valence-electron chi connectivity index (χ3n) is 6.69. The van der Waals surface area contributed by atoms with Gasteiger partial charge in [0, 0.05) is 16.3 Å². The molecule has 0 spiro atoms. The van der Waals surface area contributed by atoms with Crippen molar-refractivity contribution in [2.45, 2.75) is 32.7 Å². The molecule has 0 unspecified atom stereocenters. The molecular weight excluding hydrogens is 731 g/mol. The van der Waals surface area contributed by atoms with Crippen molar-refractivity contribution in [3.63, 3.8) is 0 Å². The number of ether oxygens (including phenoxy) is 5. The predicted molar refractivity (Wildman–Crippen MR) is 180 cm³/mol. The molecule has 2 atom stereocenters. The van der Waals surface area contributed by atoms with E-state index in [9.17, 15) is 14.7 Å². The summed E-state index contributed by atoms with van der Waals surface area (Å²) in [4.78, 5) is 24.6. The van der Waals surface area contributed by atoms with Gasteiger partial charge >= 0.3 is 12.0 Å². The van der Waals surface area contributed by atoms with Crippen LogP contribution in [0.3, 0.4) is 0 Å². The maximum absolute atomic E-state index is 12.5. The minimum absolute atomic E-state index is 0.164. The maximum Gasteiger partial charge on any atom is 0.337 e. The van der Waals surface area contributed by atoms with Gasteiger partial charge < -0.3 is 39.4 Å². The van der Waals surface area contributed by atoms with E-state index < -0.39 is 24.3 Å². The Balaban J connectivity index is 1.39. The normalized spacial score (nSPS) is 15.1. The predicted octanol–water partition coefficient (Wildman–Crippen LogP) is 5.05. The van der Waals surface area contributed by atoms with Gasteiger partial charge in [-0.1, -0.05) is 35.9 Å². The molecule has 0 fully saturated rings. The third-order valence-corrected chi connectivity index (χ3v) is 7.86. The summed E-state index contributed by atoms with van der Waals surface area (Å²) in [5.74, 6) is 1.23. The fourth-order valence-electron chi connectivity index (χ4n) is 4.54. The van der Waals surface area contributed by atoms with E-state index in [1.807, 2.05) is 37.3 Å². The van der Waals surface area contributed by atoms with E-state index >= 15 is 0 Å². The van der Waals surface area contributed by atoms with Crippen molar-refractivity contribution in [3.05, 3.63) is 91.2 Å². The van der Waals surface area contributed by atoms with Crippen molar-refractivity contribution in [2.75, 3.05) is 27.4 Å². The number of benzene rings is 3. The van der Waals surface area contributed by atoms with Gasteiger partial charge in [-0.25, -0.2) is 9.59 Å². The minimum Gasteiger partial charge on any atom is -0.493 e. The molecule has 3 aromatic rings. The van der Waals surface area contributed by atoms with Gasteiger partial charge in [-0.3, -0.25) is 5.43 Å². The van der Waals surface area contributed by atoms with Crippen LogP contribution in [0.1, 0.15) is 36.6 Å². The SMILES string of the molecule is CCOc1cc([C@H]2NC(=O)NC(C)=C2C(=O)OC)ccc1OC[C@H](O)N/N=C\c1cc(I)c(OCc2ccccc2Cl)c(OC)c1. The average Bonchev–Trinajstić information content (AvgIpc) is 3.03. The van der Waals surface area contributed by atoms with E-state index in [1.54, 1.807) is 38.3 Å². The second-order valence-electron chi connectivity index (χ2n) is 9.83. The first-order chi connectivity index (χ1) is 22.1. The summed E-state index contributed by atoms with van der Waals surface area (Å²) in [6.07, 6.45) is 0.373. The minimum atomic E-state index is -1.16. The molecule has 0 saturated heterocycles. The fourth-order valence-corrected chi connectivity index (χ4v) is 5.51. The number of methoxy groups -OCH3 is 2. The van der Waals surface area contributed by atoms with E-state index in [0.717, 1.165) is 9.13 Å². The summed E-state index contributed by atoms with van der Waals surface area (Å²) in [6, 6.07) is 14.9. The number of aliphatic hydroxyl groups is 1. The molecule has 0 saturated carbocycles. The first-order valence-electron chi connectivity index (χ1n) is 14.1. The number of urea groups is 1. The number of amides is 2. The molecule has 0 bridgehead atoms. The molecular formula is C32H34ClIN4O8. The summed E-state index contributed by atoms with van der Waals surface area (Å²) >= 11 is 8.41. The van der Waals surface area contributed by atoms with E-state index in [0.29, 0.717) is 51.5 Å². The standard InChI is InChI=1S/C32H34ClIN4O8/c1-5-44-25-14-20(29-28(31(40)43-4)18(2)36-32(41)37-29)10-11-24(25)45-17-27(39)38-35-15-19-12-23(34)30(26(13-19)42-3)46-16-21-8-6-7-9-22(21)33/h6-15,27,29,38-39H,5,16-17H2,1-4H3,(H2,36,37,41)/b35-15-/t27-,29+/m0/s1. The highest BCUT2D eigenvalue weighted by molar-refractivity contribution is 14.1. The number of rotatable bonds is 14. The monoisotopic (exact) mass is 764 g/mol. The lowest BCUT2D eigenvalue weighted by Crippen LogP contribution is -2.45. The molecule has 3 aromatic carbocycles. The zero-order chi connectivity index (χ0) is 33.2. The highest BCUT2D eigenvalue weighted by Gasteiger charge is 2.32. The second-order valence-corrected chi connectivity index (χ2v) is 11.4. The number of halogens is 2. The van der Waals surface area contributed by atoms with Crippen LogP contribution < -0.4 is 35.0 Å². The molecule has 14 heteroatoms. The van der Waals surface area contributed by atoms with E-state index in [1.165, 1.54) is 13.3 Å². The van der Waals surface area contributed by atoms with Crippen molar-refractivity contribution in [1.82, 2.24) is 16.1 Å². The number of nitrogens with one attached hydrogen (secondary N) is 3. The lowest BCUT2D eigenvalue weighted by Gasteiger charge is -2.28. The molecule has 4 N–H and O–H groups in total. The Morgan fingerprint density at radius 3 is 2.61 bits per heavy atom. The van der Waals surface area contributed by atoms with Crippen LogP contribution in [0.25, 0.3) is 0 Å². The number of hydrogen-bond acceptors (Lipinski definition) is 10. The number of allylic oxidation sites excluding steroid dienone is 1. The van der Waals surface area contributed by atoms with Gasteiger partial charge in [-0.2, -0.15) is 5.10 Å². The van der Waals surface area contributed by atoms with Gasteiger partial charge in [0.15, 0.2) is 29.2 Å². The van der Waals surface area contributed by atoms with E-state index in [-0.39, 0.29) is 18.8 Å². The summed E-state index contributed by atoms with van der Waals surface area (Å²) in [5.41, 5.74) is 5.43. The first kappa shape index (κ1) is 34.7. The average molecular weight is 765 g/mol. The Morgan fingerprint density at radius 2 is 1.89 bits per heavy atom. The number of hydrogen-bond donors (Lipinski definition) is 4. The molecule has 0 aliphatic carbocycles. The maximum atomic E-state index is 12.5. The van der Waals surface area contributed by atoms with Gasteiger partial charge in [-0.05, 0) is 77.9 Å². The summed E-state index contributed by atoms with van der Waals surface area (Å²) in [7, 11) is 2.82. The summed E-state index contributed by atoms with van der Waals surface area (Å²) in [6.45, 7) is 3.88. The summed E-state index contributed by atoms with van der Waals surface area (Å²) in [5, 5.41) is 20.6. The largest absolute Gasteiger partial charge is 0.493 e. The topological polar surface area (TPSA) is 149 Å². The molecule has 2 amide bonds. The molecule has 46 heavy (non-hydrogen) atoms. The highest BCUT2D eigenvalue weighted by atomic mass is 127. The number of aliphatic hydroxyl groups excluding tert-OH is 1. The molecule has 0 aromatic heterocycles. The Morgan fingerprint density at radius 1 is 1.11 bits per heavy atom. The third kappa shape index (κ3) is 8.73. The molecule has 12 nitrogen and oxygen atoms in total. The second kappa shape index (κ2) is 16.4. The lowest BCUT2D eigenvalue weighted by molar-refractivity contribution is -0.136. The smallest absolute Gasteiger partial charge is 0.337 e. The van der Waals surface area contributed by atoms with Crippen molar-refractivity contribution in [3.8, 4) is 23.0 Å². The Bertz CT molecular complexity index is 1630. The number of esters is 1. The molecule has 1 heterocycles. The van der Waals surface area contributed by atoms with Crippen LogP contribution in [0.5, 0.6) is 23.0 Å². The first-order valence-corrected chi connectivity index (χ1v) is 15.6. The van der Waals surface area contributed by atoms with Gasteiger partial charge in [0.25, 0.3) is 0 Å². The van der Waals surface area contributed by atoms with Crippen LogP contribution >= 0.6 is 34.2 Å². The van der Waals surface area contributed by atoms with Crippen LogP contribution in [-0.4, -0.2) is 57.0 Å². The Labute approximate surface area is 285 Å². The van der Waals surface area contributed by atoms with E-state index in [2.05, 4.69) is 43.8 Å². The van der Waals surface area contributed by atoms with Crippen LogP contribution in [0, 0.1) is 3.57 Å². The lowest BCUT2D eigenvalue weighted by atomic mass is 9.95. The number of nitrogens with zero attached hydrogens (tertiary/aromatic N) is 1. The van der Waals surface area contributed by atoms with Crippen LogP contribution in [0.2, 0.25) is 5.02 Å². The van der Waals surface area contributed by atoms with Crippen molar-refractivity contribution >= 4 is 52.4 Å². The van der Waals surface area contributed by atoms with Crippen LogP contribution in [0.4, 0.5) is 4.79 Å². The zero-order valence-electron chi connectivity index (χ0n) is 25.6. The molecule has 4 rings (SSSR count). The molecule has 0 radical (unpaired) electrons. The number of hydrazone groups is 1. The van der Waals surface area contributed by atoms with Gasteiger partial charge in [0.1, 0.15) is 13.2 Å².